The number of hydrogen-bond acceptors (Lipinski definition) is 2. The highest BCUT2D eigenvalue weighted by molar-refractivity contribution is 5.92. The van der Waals surface area contributed by atoms with Crippen molar-refractivity contribution in [2.45, 2.75) is 27.3 Å². The standard InChI is InChI=1S/C17H23N3O/c1-13(2)11-20(12-15-8-6-5-7-9-15)17(21)16-10-14(3)18-19(16)4/h5-10,13H,11-12H2,1-4H3. The monoisotopic (exact) mass is 285 g/mol. The highest BCUT2D eigenvalue weighted by Crippen LogP contribution is 2.13. The van der Waals surface area contributed by atoms with E-state index in [1.54, 1.807) is 4.68 Å². The fourth-order valence-electron chi connectivity index (χ4n) is 2.44. The van der Waals surface area contributed by atoms with Crippen LogP contribution in [0.5, 0.6) is 0 Å². The van der Waals surface area contributed by atoms with Crippen LogP contribution in [0.15, 0.2) is 36.4 Å². The molecule has 0 fully saturated rings. The molecule has 0 radical (unpaired) electrons. The molecule has 1 aromatic heterocycles. The molecule has 0 N–H and O–H groups in total. The minimum absolute atomic E-state index is 0.0376. The van der Waals surface area contributed by atoms with Gasteiger partial charge in [0, 0.05) is 20.1 Å². The molecule has 0 spiro atoms. The summed E-state index contributed by atoms with van der Waals surface area (Å²) in [6, 6.07) is 11.9. The van der Waals surface area contributed by atoms with Crippen LogP contribution in [0.3, 0.4) is 0 Å². The third kappa shape index (κ3) is 3.94. The molecule has 4 heteroatoms. The topological polar surface area (TPSA) is 38.1 Å². The van der Waals surface area contributed by atoms with E-state index >= 15 is 0 Å². The summed E-state index contributed by atoms with van der Waals surface area (Å²) in [5.41, 5.74) is 2.65. The largest absolute Gasteiger partial charge is 0.333 e. The van der Waals surface area contributed by atoms with Crippen molar-refractivity contribution in [3.63, 3.8) is 0 Å². The van der Waals surface area contributed by atoms with Gasteiger partial charge in [-0.2, -0.15) is 5.10 Å². The van der Waals surface area contributed by atoms with Crippen LogP contribution in [-0.2, 0) is 13.6 Å². The van der Waals surface area contributed by atoms with Crippen LogP contribution >= 0.6 is 0 Å². The van der Waals surface area contributed by atoms with Crippen molar-refractivity contribution in [3.05, 3.63) is 53.3 Å². The maximum atomic E-state index is 12.8. The van der Waals surface area contributed by atoms with Crippen LogP contribution < -0.4 is 0 Å². The van der Waals surface area contributed by atoms with E-state index in [0.29, 0.717) is 18.2 Å². The van der Waals surface area contributed by atoms with Crippen LogP contribution in [0.25, 0.3) is 0 Å². The third-order valence-corrected chi connectivity index (χ3v) is 3.31. The van der Waals surface area contributed by atoms with Crippen LogP contribution in [0.1, 0.15) is 35.6 Å². The van der Waals surface area contributed by atoms with Crippen LogP contribution in [0, 0.1) is 12.8 Å². The maximum Gasteiger partial charge on any atom is 0.272 e. The molecule has 0 saturated heterocycles. The third-order valence-electron chi connectivity index (χ3n) is 3.31. The van der Waals surface area contributed by atoms with Gasteiger partial charge >= 0.3 is 0 Å². The summed E-state index contributed by atoms with van der Waals surface area (Å²) >= 11 is 0. The van der Waals surface area contributed by atoms with Gasteiger partial charge < -0.3 is 4.90 Å². The molecule has 2 aromatic rings. The fraction of sp³-hybridized carbons (Fsp3) is 0.412. The number of rotatable bonds is 5. The molecular weight excluding hydrogens is 262 g/mol. The van der Waals surface area contributed by atoms with E-state index in [-0.39, 0.29) is 5.91 Å². The van der Waals surface area contributed by atoms with E-state index in [1.165, 1.54) is 0 Å². The smallest absolute Gasteiger partial charge is 0.272 e. The minimum Gasteiger partial charge on any atom is -0.333 e. The van der Waals surface area contributed by atoms with Gasteiger partial charge in [0.05, 0.1) is 5.69 Å². The zero-order chi connectivity index (χ0) is 15.4. The van der Waals surface area contributed by atoms with Gasteiger partial charge in [0.1, 0.15) is 5.69 Å². The van der Waals surface area contributed by atoms with Crippen molar-refractivity contribution in [1.29, 1.82) is 0 Å². The Morgan fingerprint density at radius 1 is 1.29 bits per heavy atom. The lowest BCUT2D eigenvalue weighted by molar-refractivity contribution is 0.0711. The van der Waals surface area contributed by atoms with Crippen LogP contribution in [0.4, 0.5) is 0 Å². The number of amides is 1. The summed E-state index contributed by atoms with van der Waals surface area (Å²) in [6.07, 6.45) is 0. The summed E-state index contributed by atoms with van der Waals surface area (Å²) in [6.45, 7) is 7.51. The molecule has 0 saturated carbocycles. The SMILES string of the molecule is Cc1cc(C(=O)N(Cc2ccccc2)CC(C)C)n(C)n1. The molecule has 0 atom stereocenters. The first kappa shape index (κ1) is 15.3. The first-order valence-electron chi connectivity index (χ1n) is 7.31. The highest BCUT2D eigenvalue weighted by atomic mass is 16.2. The summed E-state index contributed by atoms with van der Waals surface area (Å²) in [5.74, 6) is 0.461. The highest BCUT2D eigenvalue weighted by Gasteiger charge is 2.20. The lowest BCUT2D eigenvalue weighted by Crippen LogP contribution is -2.34. The molecule has 0 bridgehead atoms. The minimum atomic E-state index is 0.0376. The Labute approximate surface area is 126 Å². The molecule has 0 unspecified atom stereocenters. The number of aromatic nitrogens is 2. The molecule has 0 aliphatic rings. The van der Waals surface area contributed by atoms with Gasteiger partial charge in [-0.25, -0.2) is 0 Å². The van der Waals surface area contributed by atoms with Gasteiger partial charge in [-0.3, -0.25) is 9.48 Å². The number of nitrogens with zero attached hydrogens (tertiary/aromatic N) is 3. The Morgan fingerprint density at radius 2 is 1.95 bits per heavy atom. The Hall–Kier alpha value is -2.10. The number of hydrogen-bond donors (Lipinski definition) is 0. The molecular formula is C17H23N3O. The second kappa shape index (κ2) is 6.57. The van der Waals surface area contributed by atoms with E-state index in [2.05, 4.69) is 31.1 Å². The van der Waals surface area contributed by atoms with Gasteiger partial charge in [0.25, 0.3) is 5.91 Å². The number of carbonyl (C=O) groups excluding carboxylic acids is 1. The average molecular weight is 285 g/mol. The van der Waals surface area contributed by atoms with E-state index in [0.717, 1.165) is 17.8 Å². The zero-order valence-corrected chi connectivity index (χ0v) is 13.2. The number of aryl methyl sites for hydroxylation is 2. The molecule has 112 valence electrons. The van der Waals surface area contributed by atoms with Gasteiger partial charge in [-0.05, 0) is 24.5 Å². The summed E-state index contributed by atoms with van der Waals surface area (Å²) in [5, 5.41) is 4.27. The normalized spacial score (nSPS) is 10.9. The molecule has 4 nitrogen and oxygen atoms in total. The van der Waals surface area contributed by atoms with Gasteiger partial charge in [-0.15, -0.1) is 0 Å². The first-order chi connectivity index (χ1) is 9.97. The number of carbonyl (C=O) groups is 1. The average Bonchev–Trinajstić information content (AvgIpc) is 2.77. The van der Waals surface area contributed by atoms with E-state index < -0.39 is 0 Å². The number of benzene rings is 1. The molecule has 1 aromatic carbocycles. The summed E-state index contributed by atoms with van der Waals surface area (Å²) < 4.78 is 1.66. The van der Waals surface area contributed by atoms with Crippen molar-refractivity contribution in [3.8, 4) is 0 Å². The van der Waals surface area contributed by atoms with Gasteiger partial charge in [-0.1, -0.05) is 44.2 Å². The Kier molecular flexibility index (Phi) is 4.78. The Balaban J connectivity index is 2.23. The molecule has 2 rings (SSSR count). The Bertz CT molecular complexity index is 602. The van der Waals surface area contributed by atoms with Crippen molar-refractivity contribution >= 4 is 5.91 Å². The first-order valence-corrected chi connectivity index (χ1v) is 7.31. The molecule has 1 heterocycles. The van der Waals surface area contributed by atoms with E-state index in [9.17, 15) is 4.79 Å². The molecule has 0 aliphatic carbocycles. The quantitative estimate of drug-likeness (QED) is 0.847. The molecule has 1 amide bonds. The maximum absolute atomic E-state index is 12.8. The van der Waals surface area contributed by atoms with E-state index in [1.807, 2.05) is 43.1 Å². The lowest BCUT2D eigenvalue weighted by atomic mass is 10.1. The second-order valence-electron chi connectivity index (χ2n) is 5.86. The zero-order valence-electron chi connectivity index (χ0n) is 13.2. The van der Waals surface area contributed by atoms with E-state index in [4.69, 9.17) is 0 Å². The van der Waals surface area contributed by atoms with Crippen molar-refractivity contribution in [2.24, 2.45) is 13.0 Å². The Morgan fingerprint density at radius 3 is 2.48 bits per heavy atom. The summed E-state index contributed by atoms with van der Waals surface area (Å²) in [4.78, 5) is 14.7. The molecule has 0 aliphatic heterocycles. The fourth-order valence-corrected chi connectivity index (χ4v) is 2.44. The van der Waals surface area contributed by atoms with Crippen molar-refractivity contribution < 1.29 is 4.79 Å². The molecule has 21 heavy (non-hydrogen) atoms. The summed E-state index contributed by atoms with van der Waals surface area (Å²) in [7, 11) is 1.82. The predicted molar refractivity (Wildman–Crippen MR) is 84.0 cm³/mol. The van der Waals surface area contributed by atoms with Crippen LogP contribution in [-0.4, -0.2) is 27.1 Å². The van der Waals surface area contributed by atoms with Crippen LogP contribution in [0.2, 0.25) is 0 Å². The van der Waals surface area contributed by atoms with Gasteiger partial charge in [0.2, 0.25) is 0 Å². The lowest BCUT2D eigenvalue weighted by Gasteiger charge is -2.24. The van der Waals surface area contributed by atoms with Crippen molar-refractivity contribution in [2.75, 3.05) is 6.54 Å². The second-order valence-corrected chi connectivity index (χ2v) is 5.86. The van der Waals surface area contributed by atoms with Crippen molar-refractivity contribution in [1.82, 2.24) is 14.7 Å². The predicted octanol–water partition coefficient (Wildman–Crippen LogP) is 3.03. The van der Waals surface area contributed by atoms with Gasteiger partial charge in [0.15, 0.2) is 0 Å².